The van der Waals surface area contributed by atoms with Crippen LogP contribution in [0.2, 0.25) is 5.02 Å². The third-order valence-corrected chi connectivity index (χ3v) is 4.42. The number of thioether (sulfide) groups is 1. The summed E-state index contributed by atoms with van der Waals surface area (Å²) in [6.45, 7) is 5.20. The van der Waals surface area contributed by atoms with E-state index in [9.17, 15) is 9.59 Å². The Bertz CT molecular complexity index is 683. The minimum absolute atomic E-state index is 0.186. The Hall–Kier alpha value is -1.79. The lowest BCUT2D eigenvalue weighted by Crippen LogP contribution is -2.32. The molecule has 7 heteroatoms. The van der Waals surface area contributed by atoms with Gasteiger partial charge in [-0.25, -0.2) is 4.79 Å². The molecule has 23 heavy (non-hydrogen) atoms. The molecule has 0 aromatic heterocycles. The highest BCUT2D eigenvalue weighted by molar-refractivity contribution is 8.09. The number of nitrogens with zero attached hydrogens (tertiary/aromatic N) is 1. The van der Waals surface area contributed by atoms with Gasteiger partial charge in [-0.15, -0.1) is 0 Å². The zero-order valence-electron chi connectivity index (χ0n) is 13.1. The lowest BCUT2D eigenvalue weighted by Gasteiger charge is -2.24. The molecule has 122 valence electrons. The summed E-state index contributed by atoms with van der Waals surface area (Å²) in [4.78, 5) is 28.7. The van der Waals surface area contributed by atoms with E-state index in [-0.39, 0.29) is 12.5 Å². The van der Waals surface area contributed by atoms with Gasteiger partial charge in [-0.05, 0) is 31.5 Å². The molecule has 1 heterocycles. The predicted molar refractivity (Wildman–Crippen MR) is 93.3 cm³/mol. The fourth-order valence-electron chi connectivity index (χ4n) is 2.09. The molecule has 1 aliphatic heterocycles. The molecule has 5 nitrogen and oxygen atoms in total. The van der Waals surface area contributed by atoms with Crippen molar-refractivity contribution in [1.82, 2.24) is 5.32 Å². The number of rotatable bonds is 4. The molecule has 1 aromatic carbocycles. The smallest absolute Gasteiger partial charge is 0.341 e. The van der Waals surface area contributed by atoms with E-state index in [1.807, 2.05) is 12.1 Å². The average molecular weight is 353 g/mol. The Morgan fingerprint density at radius 1 is 1.35 bits per heavy atom. The second kappa shape index (κ2) is 7.66. The Labute approximate surface area is 144 Å². The van der Waals surface area contributed by atoms with Crippen LogP contribution in [0.25, 0.3) is 4.91 Å². The molecule has 1 aromatic rings. The van der Waals surface area contributed by atoms with Crippen molar-refractivity contribution >= 4 is 45.9 Å². The van der Waals surface area contributed by atoms with Gasteiger partial charge in [0.25, 0.3) is 0 Å². The van der Waals surface area contributed by atoms with Gasteiger partial charge in [0, 0.05) is 16.9 Å². The number of carbonyl (C=O) groups is 2. The highest BCUT2D eigenvalue weighted by Crippen LogP contribution is 2.38. The van der Waals surface area contributed by atoms with Crippen LogP contribution < -0.4 is 5.32 Å². The lowest BCUT2D eigenvalue weighted by atomic mass is 10.1. The topological polar surface area (TPSA) is 67.8 Å². The number of esters is 1. The number of hydrogen-bond acceptors (Lipinski definition) is 5. The van der Waals surface area contributed by atoms with Gasteiger partial charge in [-0.3, -0.25) is 9.79 Å². The van der Waals surface area contributed by atoms with Crippen molar-refractivity contribution in [1.29, 1.82) is 0 Å². The van der Waals surface area contributed by atoms with Gasteiger partial charge in [-0.2, -0.15) is 0 Å². The Kier molecular flexibility index (Phi) is 5.85. The molecule has 2 rings (SSSR count). The van der Waals surface area contributed by atoms with Crippen molar-refractivity contribution < 1.29 is 14.3 Å². The first-order valence-corrected chi connectivity index (χ1v) is 8.34. The maximum atomic E-state index is 12.3. The number of ether oxygens (including phenoxy) is 1. The minimum Gasteiger partial charge on any atom is -0.462 e. The van der Waals surface area contributed by atoms with Crippen molar-refractivity contribution in [3.05, 3.63) is 40.4 Å². The van der Waals surface area contributed by atoms with Gasteiger partial charge >= 0.3 is 5.97 Å². The van der Waals surface area contributed by atoms with Crippen molar-refractivity contribution in [3.63, 3.8) is 0 Å². The molecular weight excluding hydrogens is 336 g/mol. The molecular formula is C16H17ClN2O3S. The van der Waals surface area contributed by atoms with Gasteiger partial charge in [0.1, 0.15) is 0 Å². The second-order valence-corrected chi connectivity index (χ2v) is 6.34. The minimum atomic E-state index is -0.476. The lowest BCUT2D eigenvalue weighted by molar-refractivity contribution is -0.137. The summed E-state index contributed by atoms with van der Waals surface area (Å²) in [5.41, 5.74) is 1.30. The Morgan fingerprint density at radius 2 is 2.00 bits per heavy atom. The van der Waals surface area contributed by atoms with Crippen LogP contribution in [0.5, 0.6) is 0 Å². The van der Waals surface area contributed by atoms with E-state index in [2.05, 4.69) is 10.3 Å². The van der Waals surface area contributed by atoms with E-state index in [4.69, 9.17) is 16.3 Å². The summed E-state index contributed by atoms with van der Waals surface area (Å²) < 4.78 is 5.14. The first-order chi connectivity index (χ1) is 10.9. The number of halogens is 1. The van der Waals surface area contributed by atoms with Gasteiger partial charge in [-0.1, -0.05) is 35.5 Å². The summed E-state index contributed by atoms with van der Waals surface area (Å²) in [6.07, 6.45) is 0. The summed E-state index contributed by atoms with van der Waals surface area (Å²) in [6, 6.07) is 7.16. The van der Waals surface area contributed by atoms with Gasteiger partial charge in [0.2, 0.25) is 5.91 Å². The molecule has 0 saturated heterocycles. The highest BCUT2D eigenvalue weighted by Gasteiger charge is 2.28. The van der Waals surface area contributed by atoms with Crippen LogP contribution >= 0.6 is 23.4 Å². The Morgan fingerprint density at radius 3 is 2.57 bits per heavy atom. The second-order valence-electron chi connectivity index (χ2n) is 4.82. The first-order valence-electron chi connectivity index (χ1n) is 7.08. The predicted octanol–water partition coefficient (Wildman–Crippen LogP) is 3.24. The number of benzene rings is 1. The molecule has 1 atom stereocenters. The quantitative estimate of drug-likeness (QED) is 0.845. The third kappa shape index (κ3) is 4.36. The average Bonchev–Trinajstić information content (AvgIpc) is 2.46. The normalized spacial score (nSPS) is 17.6. The fraction of sp³-hybridized carbons (Fsp3) is 0.312. The molecule has 0 aliphatic carbocycles. The molecule has 0 bridgehead atoms. The zero-order valence-corrected chi connectivity index (χ0v) is 14.6. The van der Waals surface area contributed by atoms with E-state index in [0.717, 1.165) is 5.56 Å². The monoisotopic (exact) mass is 352 g/mol. The van der Waals surface area contributed by atoms with Gasteiger partial charge in [0.15, 0.2) is 5.50 Å². The highest BCUT2D eigenvalue weighted by atomic mass is 35.5. The number of carbonyl (C=O) groups excluding carboxylic acids is 2. The maximum absolute atomic E-state index is 12.3. The van der Waals surface area contributed by atoms with Crippen LogP contribution in [0.4, 0.5) is 0 Å². The summed E-state index contributed by atoms with van der Waals surface area (Å²) in [5, 5.41) is 3.35. The van der Waals surface area contributed by atoms with Crippen LogP contribution in [0.3, 0.4) is 0 Å². The molecule has 1 aliphatic rings. The maximum Gasteiger partial charge on any atom is 0.341 e. The molecule has 1 N–H and O–H groups in total. The number of aliphatic imine (C=N–C) groups is 1. The molecule has 0 saturated carbocycles. The van der Waals surface area contributed by atoms with E-state index >= 15 is 0 Å². The van der Waals surface area contributed by atoms with E-state index in [0.29, 0.717) is 21.2 Å². The van der Waals surface area contributed by atoms with Crippen LogP contribution in [0.1, 0.15) is 26.3 Å². The standard InChI is InChI=1S/C16H17ClN2O3S/c1-4-22-15(21)13-9(2)18-16(19-10(3)20)23-14(13)11-5-7-12(17)8-6-11/h5-8,16H,4H2,1-3H3,(H,19,20). The number of amides is 1. The third-order valence-electron chi connectivity index (χ3n) is 3.04. The van der Waals surface area contributed by atoms with Crippen LogP contribution in [-0.2, 0) is 14.3 Å². The van der Waals surface area contributed by atoms with Crippen LogP contribution in [0.15, 0.2) is 34.8 Å². The molecule has 1 amide bonds. The molecule has 0 radical (unpaired) electrons. The zero-order chi connectivity index (χ0) is 17.0. The van der Waals surface area contributed by atoms with E-state index in [1.54, 1.807) is 26.0 Å². The fourth-order valence-corrected chi connectivity index (χ4v) is 3.50. The SMILES string of the molecule is CCOC(=O)C1=C(c2ccc(Cl)cc2)SC(NC(C)=O)N=C1C. The van der Waals surface area contributed by atoms with Crippen molar-refractivity contribution in [2.75, 3.05) is 6.61 Å². The van der Waals surface area contributed by atoms with Crippen molar-refractivity contribution in [2.45, 2.75) is 26.3 Å². The Balaban J connectivity index is 2.47. The number of nitrogens with one attached hydrogen (secondary N) is 1. The molecule has 1 unspecified atom stereocenters. The molecule has 0 fully saturated rings. The van der Waals surface area contributed by atoms with Gasteiger partial charge < -0.3 is 10.1 Å². The number of hydrogen-bond donors (Lipinski definition) is 1. The molecule has 0 spiro atoms. The summed E-state index contributed by atoms with van der Waals surface area (Å²) >= 11 is 7.23. The van der Waals surface area contributed by atoms with Crippen molar-refractivity contribution in [2.24, 2.45) is 4.99 Å². The van der Waals surface area contributed by atoms with E-state index < -0.39 is 11.5 Å². The summed E-state index contributed by atoms with van der Waals surface area (Å²) in [5.74, 6) is -0.610. The largest absolute Gasteiger partial charge is 0.462 e. The van der Waals surface area contributed by atoms with Crippen LogP contribution in [0, 0.1) is 0 Å². The van der Waals surface area contributed by atoms with E-state index in [1.165, 1.54) is 18.7 Å². The first kappa shape index (κ1) is 17.6. The van der Waals surface area contributed by atoms with Crippen LogP contribution in [-0.4, -0.2) is 29.7 Å². The van der Waals surface area contributed by atoms with Crippen molar-refractivity contribution in [3.8, 4) is 0 Å². The summed E-state index contributed by atoms with van der Waals surface area (Å²) in [7, 11) is 0. The van der Waals surface area contributed by atoms with Gasteiger partial charge in [0.05, 0.1) is 17.9 Å².